The molecule has 0 unspecified atom stereocenters. The molecule has 0 saturated heterocycles. The Morgan fingerprint density at radius 3 is 2.35 bits per heavy atom. The molecule has 0 radical (unpaired) electrons. The fourth-order valence-electron chi connectivity index (χ4n) is 2.27. The standard InChI is InChI=1S/C17H36N2O4/c1-2-3-4-5-8-17(22)18-9-6-7-15-23-16-12-19(10-13-20)11-14-21/h20-21H,2-16H2,1H3,(H,18,22). The molecule has 6 nitrogen and oxygen atoms in total. The number of nitrogens with zero attached hydrogens (tertiary/aromatic N) is 1. The number of aliphatic hydroxyl groups excluding tert-OH is 2. The van der Waals surface area contributed by atoms with Gasteiger partial charge >= 0.3 is 0 Å². The summed E-state index contributed by atoms with van der Waals surface area (Å²) in [4.78, 5) is 13.5. The van der Waals surface area contributed by atoms with Crippen LogP contribution in [-0.2, 0) is 9.53 Å². The Labute approximate surface area is 141 Å². The first-order valence-electron chi connectivity index (χ1n) is 9.03. The van der Waals surface area contributed by atoms with Gasteiger partial charge in [0.05, 0.1) is 19.8 Å². The largest absolute Gasteiger partial charge is 0.395 e. The minimum atomic E-state index is 0.0954. The topological polar surface area (TPSA) is 82.0 Å². The SMILES string of the molecule is CCCCCCC(=O)NCCCCOCCN(CCO)CCO. The van der Waals surface area contributed by atoms with Crippen molar-refractivity contribution in [1.29, 1.82) is 0 Å². The Kier molecular flexibility index (Phi) is 17.1. The maximum Gasteiger partial charge on any atom is 0.219 e. The van der Waals surface area contributed by atoms with Crippen LogP contribution in [0.3, 0.4) is 0 Å². The van der Waals surface area contributed by atoms with Gasteiger partial charge in [0, 0.05) is 39.2 Å². The van der Waals surface area contributed by atoms with E-state index in [-0.39, 0.29) is 19.1 Å². The van der Waals surface area contributed by atoms with Crippen molar-refractivity contribution in [2.75, 3.05) is 52.6 Å². The van der Waals surface area contributed by atoms with Gasteiger partial charge in [0.1, 0.15) is 0 Å². The van der Waals surface area contributed by atoms with Crippen molar-refractivity contribution in [3.05, 3.63) is 0 Å². The molecule has 0 atom stereocenters. The number of carbonyl (C=O) groups is 1. The Hall–Kier alpha value is -0.690. The number of hydrogen-bond donors (Lipinski definition) is 3. The summed E-state index contributed by atoms with van der Waals surface area (Å²) in [5.74, 6) is 0.158. The molecule has 0 aromatic heterocycles. The summed E-state index contributed by atoms with van der Waals surface area (Å²) in [6.45, 7) is 6.20. The van der Waals surface area contributed by atoms with Gasteiger partial charge in [-0.2, -0.15) is 0 Å². The third-order valence-electron chi connectivity index (χ3n) is 3.68. The smallest absolute Gasteiger partial charge is 0.219 e. The van der Waals surface area contributed by atoms with E-state index in [4.69, 9.17) is 14.9 Å². The predicted octanol–water partition coefficient (Wildman–Crippen LogP) is 1.16. The second-order valence-electron chi connectivity index (χ2n) is 5.77. The monoisotopic (exact) mass is 332 g/mol. The molecular weight excluding hydrogens is 296 g/mol. The predicted molar refractivity (Wildman–Crippen MR) is 92.4 cm³/mol. The van der Waals surface area contributed by atoms with Crippen LogP contribution in [0.1, 0.15) is 51.9 Å². The van der Waals surface area contributed by atoms with E-state index in [9.17, 15) is 4.79 Å². The number of hydrogen-bond acceptors (Lipinski definition) is 5. The van der Waals surface area contributed by atoms with E-state index in [1.807, 2.05) is 4.90 Å². The molecule has 0 aliphatic carbocycles. The molecule has 0 heterocycles. The first kappa shape index (κ1) is 22.3. The Morgan fingerprint density at radius 2 is 1.70 bits per heavy atom. The maximum absolute atomic E-state index is 11.6. The third kappa shape index (κ3) is 16.0. The molecule has 0 aromatic carbocycles. The van der Waals surface area contributed by atoms with E-state index in [0.717, 1.165) is 38.8 Å². The van der Waals surface area contributed by atoms with Crippen molar-refractivity contribution in [1.82, 2.24) is 10.2 Å². The zero-order valence-corrected chi connectivity index (χ0v) is 14.8. The van der Waals surface area contributed by atoms with Gasteiger partial charge in [-0.25, -0.2) is 0 Å². The lowest BCUT2D eigenvalue weighted by atomic mass is 10.1. The fraction of sp³-hybridized carbons (Fsp3) is 0.941. The lowest BCUT2D eigenvalue weighted by Crippen LogP contribution is -2.33. The van der Waals surface area contributed by atoms with Gasteiger partial charge in [-0.1, -0.05) is 26.2 Å². The van der Waals surface area contributed by atoms with Gasteiger partial charge in [-0.3, -0.25) is 9.69 Å². The molecule has 0 aromatic rings. The molecule has 23 heavy (non-hydrogen) atoms. The maximum atomic E-state index is 11.6. The zero-order chi connectivity index (χ0) is 17.2. The summed E-state index contributed by atoms with van der Waals surface area (Å²) in [5, 5.41) is 20.7. The van der Waals surface area contributed by atoms with Gasteiger partial charge in [-0.05, 0) is 19.3 Å². The van der Waals surface area contributed by atoms with Crippen molar-refractivity contribution in [3.8, 4) is 0 Å². The Morgan fingerprint density at radius 1 is 0.957 bits per heavy atom. The van der Waals surface area contributed by atoms with Crippen molar-refractivity contribution >= 4 is 5.91 Å². The first-order valence-corrected chi connectivity index (χ1v) is 9.03. The van der Waals surface area contributed by atoms with Crippen LogP contribution in [0.2, 0.25) is 0 Å². The quantitative estimate of drug-likeness (QED) is 0.348. The molecule has 138 valence electrons. The number of ether oxygens (including phenoxy) is 1. The zero-order valence-electron chi connectivity index (χ0n) is 14.8. The molecule has 0 bridgehead atoms. The van der Waals surface area contributed by atoms with E-state index in [1.54, 1.807) is 0 Å². The Bertz CT molecular complexity index is 259. The van der Waals surface area contributed by atoms with Crippen LogP contribution >= 0.6 is 0 Å². The highest BCUT2D eigenvalue weighted by molar-refractivity contribution is 5.75. The first-order chi connectivity index (χ1) is 11.2. The van der Waals surface area contributed by atoms with Crippen LogP contribution in [0.15, 0.2) is 0 Å². The van der Waals surface area contributed by atoms with Crippen molar-refractivity contribution in [2.45, 2.75) is 51.9 Å². The lowest BCUT2D eigenvalue weighted by Gasteiger charge is -2.19. The number of unbranched alkanes of at least 4 members (excludes halogenated alkanes) is 4. The van der Waals surface area contributed by atoms with Crippen LogP contribution in [0.5, 0.6) is 0 Å². The van der Waals surface area contributed by atoms with Gasteiger partial charge in [-0.15, -0.1) is 0 Å². The third-order valence-corrected chi connectivity index (χ3v) is 3.68. The number of aliphatic hydroxyl groups is 2. The van der Waals surface area contributed by atoms with Gasteiger partial charge < -0.3 is 20.3 Å². The van der Waals surface area contributed by atoms with Crippen LogP contribution in [-0.4, -0.2) is 73.6 Å². The number of rotatable bonds is 17. The highest BCUT2D eigenvalue weighted by Crippen LogP contribution is 2.02. The lowest BCUT2D eigenvalue weighted by molar-refractivity contribution is -0.121. The van der Waals surface area contributed by atoms with Crippen molar-refractivity contribution in [3.63, 3.8) is 0 Å². The van der Waals surface area contributed by atoms with E-state index >= 15 is 0 Å². The summed E-state index contributed by atoms with van der Waals surface area (Å²) >= 11 is 0. The summed E-state index contributed by atoms with van der Waals surface area (Å²) < 4.78 is 5.54. The molecule has 0 rings (SSSR count). The molecule has 6 heteroatoms. The highest BCUT2D eigenvalue weighted by Gasteiger charge is 2.03. The molecule has 0 fully saturated rings. The average molecular weight is 332 g/mol. The molecule has 0 aliphatic rings. The van der Waals surface area contributed by atoms with E-state index in [1.165, 1.54) is 12.8 Å². The summed E-state index contributed by atoms with van der Waals surface area (Å²) in [6, 6.07) is 0. The molecular formula is C17H36N2O4. The fourth-order valence-corrected chi connectivity index (χ4v) is 2.27. The number of nitrogens with one attached hydrogen (secondary N) is 1. The van der Waals surface area contributed by atoms with Gasteiger partial charge in [0.15, 0.2) is 0 Å². The van der Waals surface area contributed by atoms with Crippen LogP contribution in [0.4, 0.5) is 0 Å². The second kappa shape index (κ2) is 17.7. The van der Waals surface area contributed by atoms with Crippen molar-refractivity contribution in [2.24, 2.45) is 0 Å². The second-order valence-corrected chi connectivity index (χ2v) is 5.77. The molecule has 3 N–H and O–H groups in total. The summed E-state index contributed by atoms with van der Waals surface area (Å²) in [5.41, 5.74) is 0. The number of carbonyl (C=O) groups excluding carboxylic acids is 1. The normalized spacial score (nSPS) is 11.1. The molecule has 0 aliphatic heterocycles. The van der Waals surface area contributed by atoms with Gasteiger partial charge in [0.2, 0.25) is 5.91 Å². The van der Waals surface area contributed by atoms with Crippen LogP contribution < -0.4 is 5.32 Å². The van der Waals surface area contributed by atoms with Crippen LogP contribution in [0.25, 0.3) is 0 Å². The molecule has 0 saturated carbocycles. The molecule has 1 amide bonds. The van der Waals surface area contributed by atoms with E-state index in [0.29, 0.717) is 32.7 Å². The minimum absolute atomic E-state index is 0.0954. The van der Waals surface area contributed by atoms with Crippen LogP contribution in [0, 0.1) is 0 Å². The minimum Gasteiger partial charge on any atom is -0.395 e. The number of amides is 1. The molecule has 0 spiro atoms. The van der Waals surface area contributed by atoms with E-state index < -0.39 is 0 Å². The van der Waals surface area contributed by atoms with Crippen molar-refractivity contribution < 1.29 is 19.7 Å². The average Bonchev–Trinajstić information content (AvgIpc) is 2.54. The highest BCUT2D eigenvalue weighted by atomic mass is 16.5. The van der Waals surface area contributed by atoms with Gasteiger partial charge in [0.25, 0.3) is 0 Å². The summed E-state index contributed by atoms with van der Waals surface area (Å²) in [7, 11) is 0. The van der Waals surface area contributed by atoms with E-state index in [2.05, 4.69) is 12.2 Å². The Balaban J connectivity index is 3.33. The summed E-state index contributed by atoms with van der Waals surface area (Å²) in [6.07, 6.45) is 7.02.